The van der Waals surface area contributed by atoms with Crippen LogP contribution in [0.25, 0.3) is 0 Å². The van der Waals surface area contributed by atoms with Crippen LogP contribution in [0.2, 0.25) is 0 Å². The minimum Gasteiger partial charge on any atom is -0.394 e. The smallest absolute Gasteiger partial charge is 0.394 e. The number of ether oxygens (including phenoxy) is 2. The van der Waals surface area contributed by atoms with E-state index in [0.717, 1.165) is 51.4 Å². The summed E-state index contributed by atoms with van der Waals surface area (Å²) in [5.41, 5.74) is 0. The van der Waals surface area contributed by atoms with E-state index in [-0.39, 0.29) is 6.42 Å². The van der Waals surface area contributed by atoms with Crippen LogP contribution in [0.3, 0.4) is 0 Å². The van der Waals surface area contributed by atoms with Gasteiger partial charge in [0.2, 0.25) is 5.91 Å². The number of amides is 1. The monoisotopic (exact) mass is 1000 g/mol. The Labute approximate surface area is 420 Å². The summed E-state index contributed by atoms with van der Waals surface area (Å²) in [7, 11) is -5.13. The highest BCUT2D eigenvalue weighted by atomic mass is 32.3. The molecular weight excluding hydrogens is 899 g/mol. The third-order valence-corrected chi connectivity index (χ3v) is 13.4. The van der Waals surface area contributed by atoms with Crippen LogP contribution in [-0.4, -0.2) is 107 Å². The SMILES string of the molecule is CC/C=C\C/C=C\CCCCCCCCCCCCCCCC(O)C(=O)NC(COC1OC(CO)C(O)C(OS(=O)(=O)O)C1O)C(O)/C=C/CC/C=C/CCCCCCCCCCCCCCCC. The van der Waals surface area contributed by atoms with Crippen molar-refractivity contribution in [2.45, 2.75) is 281 Å². The Hall–Kier alpha value is -1.98. The van der Waals surface area contributed by atoms with Crippen molar-refractivity contribution >= 4 is 16.3 Å². The second-order valence-electron chi connectivity index (χ2n) is 19.3. The number of hydrogen-bond acceptors (Lipinski definition) is 11. The molecule has 0 aromatic rings. The molecular formula is C55H101NO12S. The number of carbonyl (C=O) groups excluding carboxylic acids is 1. The fraction of sp³-hybridized carbons (Fsp3) is 0.836. The van der Waals surface area contributed by atoms with E-state index in [4.69, 9.17) is 9.47 Å². The molecule has 1 aliphatic rings. The van der Waals surface area contributed by atoms with E-state index in [0.29, 0.717) is 12.8 Å². The van der Waals surface area contributed by atoms with Crippen LogP contribution in [0.5, 0.6) is 0 Å². The minimum atomic E-state index is -5.13. The summed E-state index contributed by atoms with van der Waals surface area (Å²) in [6, 6.07) is -1.14. The summed E-state index contributed by atoms with van der Waals surface area (Å²) >= 11 is 0. The molecule has 0 bridgehead atoms. The lowest BCUT2D eigenvalue weighted by molar-refractivity contribution is -0.298. The standard InChI is InChI=1S/C55H101NO12S/c1-3-5-7-9-11-13-15-17-19-21-23-25-27-29-31-33-35-37-39-41-43-48(58)47(46-66-55-52(61)53(68-69(63,64)65)51(60)50(45-57)67-55)56-54(62)49(59)44-42-40-38-36-34-32-30-28-26-24-22-20-18-16-14-12-10-8-6-4-2/h6,8,12,14,33,35,41,43,47-53,55,57-61H,3-5,7,9-11,13,15-32,34,36-40,42,44-46H2,1-2H3,(H,56,62)(H,63,64,65)/b8-6-,14-12-,35-33+,43-41+. The molecule has 1 fully saturated rings. The van der Waals surface area contributed by atoms with Crippen LogP contribution in [0, 0.1) is 0 Å². The molecule has 0 aliphatic carbocycles. The van der Waals surface area contributed by atoms with Gasteiger partial charge in [-0.2, -0.15) is 8.42 Å². The summed E-state index contributed by atoms with van der Waals surface area (Å²) in [6.07, 6.45) is 44.7. The molecule has 1 amide bonds. The van der Waals surface area contributed by atoms with Crippen molar-refractivity contribution in [1.82, 2.24) is 5.32 Å². The van der Waals surface area contributed by atoms with Crippen molar-refractivity contribution in [3.8, 4) is 0 Å². The van der Waals surface area contributed by atoms with Gasteiger partial charge in [0, 0.05) is 0 Å². The number of unbranched alkanes of at least 4 members (excludes halogenated alkanes) is 28. The highest BCUT2D eigenvalue weighted by Gasteiger charge is 2.48. The number of hydrogen-bond donors (Lipinski definition) is 7. The summed E-state index contributed by atoms with van der Waals surface area (Å²) in [5, 5.41) is 55.5. The molecule has 0 aromatic carbocycles. The van der Waals surface area contributed by atoms with Crippen molar-refractivity contribution in [2.75, 3.05) is 13.2 Å². The van der Waals surface area contributed by atoms with Gasteiger partial charge in [-0.1, -0.05) is 223 Å². The zero-order chi connectivity index (χ0) is 50.6. The molecule has 69 heavy (non-hydrogen) atoms. The van der Waals surface area contributed by atoms with Crippen molar-refractivity contribution in [3.05, 3.63) is 48.6 Å². The van der Waals surface area contributed by atoms with Gasteiger partial charge in [-0.3, -0.25) is 9.35 Å². The maximum Gasteiger partial charge on any atom is 0.397 e. The van der Waals surface area contributed by atoms with Crippen molar-refractivity contribution in [1.29, 1.82) is 0 Å². The molecule has 14 heteroatoms. The summed E-state index contributed by atoms with van der Waals surface area (Å²) < 4.78 is 47.7. The number of rotatable bonds is 47. The molecule has 0 radical (unpaired) electrons. The number of aliphatic hydroxyl groups excluding tert-OH is 5. The van der Waals surface area contributed by atoms with Gasteiger partial charge in [-0.25, -0.2) is 4.18 Å². The van der Waals surface area contributed by atoms with E-state index in [1.54, 1.807) is 6.08 Å². The average molecular weight is 1000 g/mol. The molecule has 0 spiro atoms. The Bertz CT molecular complexity index is 1420. The Morgan fingerprint density at radius 2 is 1.06 bits per heavy atom. The molecule has 0 saturated carbocycles. The van der Waals surface area contributed by atoms with Crippen LogP contribution in [0.15, 0.2) is 48.6 Å². The Morgan fingerprint density at radius 3 is 1.55 bits per heavy atom. The van der Waals surface area contributed by atoms with Gasteiger partial charge in [0.05, 0.1) is 25.4 Å². The van der Waals surface area contributed by atoms with E-state index in [1.165, 1.54) is 154 Å². The first-order valence-electron chi connectivity index (χ1n) is 27.6. The Morgan fingerprint density at radius 1 is 0.609 bits per heavy atom. The number of nitrogens with one attached hydrogen (secondary N) is 1. The summed E-state index contributed by atoms with van der Waals surface area (Å²) in [6.45, 7) is 3.13. The molecule has 404 valence electrons. The molecule has 8 unspecified atom stereocenters. The van der Waals surface area contributed by atoms with Crippen LogP contribution in [0.1, 0.15) is 232 Å². The van der Waals surface area contributed by atoms with Crippen LogP contribution in [0.4, 0.5) is 0 Å². The highest BCUT2D eigenvalue weighted by Crippen LogP contribution is 2.26. The van der Waals surface area contributed by atoms with Crippen LogP contribution >= 0.6 is 0 Å². The molecule has 8 atom stereocenters. The maximum absolute atomic E-state index is 13.2. The van der Waals surface area contributed by atoms with Gasteiger partial charge in [-0.05, 0) is 57.8 Å². The first kappa shape index (κ1) is 65.0. The van der Waals surface area contributed by atoms with E-state index in [1.807, 2.05) is 0 Å². The predicted molar refractivity (Wildman–Crippen MR) is 279 cm³/mol. The molecule has 1 aliphatic heterocycles. The van der Waals surface area contributed by atoms with Gasteiger partial charge in [0.1, 0.15) is 30.5 Å². The van der Waals surface area contributed by atoms with E-state index in [2.05, 4.69) is 59.8 Å². The first-order chi connectivity index (χ1) is 33.4. The van der Waals surface area contributed by atoms with Crippen molar-refractivity contribution in [2.24, 2.45) is 0 Å². The summed E-state index contributed by atoms with van der Waals surface area (Å²) in [4.78, 5) is 13.2. The minimum absolute atomic E-state index is 0.235. The summed E-state index contributed by atoms with van der Waals surface area (Å²) in [5.74, 6) is -0.712. The zero-order valence-electron chi connectivity index (χ0n) is 43.2. The molecule has 13 nitrogen and oxygen atoms in total. The Kier molecular flexibility index (Phi) is 42.1. The molecule has 7 N–H and O–H groups in total. The zero-order valence-corrected chi connectivity index (χ0v) is 44.1. The first-order valence-corrected chi connectivity index (χ1v) is 29.0. The van der Waals surface area contributed by atoms with Crippen molar-refractivity contribution in [3.63, 3.8) is 0 Å². The van der Waals surface area contributed by atoms with Crippen LogP contribution in [-0.2, 0) is 28.9 Å². The fourth-order valence-electron chi connectivity index (χ4n) is 8.63. The van der Waals surface area contributed by atoms with Gasteiger partial charge < -0.3 is 40.3 Å². The third-order valence-electron chi connectivity index (χ3n) is 13.0. The van der Waals surface area contributed by atoms with E-state index in [9.17, 15) is 43.3 Å². The van der Waals surface area contributed by atoms with E-state index >= 15 is 0 Å². The number of aliphatic hydroxyl groups is 5. The second-order valence-corrected chi connectivity index (χ2v) is 20.3. The predicted octanol–water partition coefficient (Wildman–Crippen LogP) is 11.4. The van der Waals surface area contributed by atoms with Gasteiger partial charge >= 0.3 is 10.4 Å². The molecule has 1 rings (SSSR count). The normalized spacial score (nSPS) is 20.5. The Balaban J connectivity index is 2.49. The molecule has 1 heterocycles. The van der Waals surface area contributed by atoms with Gasteiger partial charge in [-0.15, -0.1) is 0 Å². The lowest BCUT2D eigenvalue weighted by Gasteiger charge is -2.41. The topological polar surface area (TPSA) is 212 Å². The number of carbonyl (C=O) groups is 1. The highest BCUT2D eigenvalue weighted by molar-refractivity contribution is 7.80. The number of allylic oxidation sites excluding steroid dienone is 7. The molecule has 1 saturated heterocycles. The van der Waals surface area contributed by atoms with E-state index < -0.39 is 78.5 Å². The quantitative estimate of drug-likeness (QED) is 0.0172. The largest absolute Gasteiger partial charge is 0.397 e. The second kappa shape index (κ2) is 44.7. The lowest BCUT2D eigenvalue weighted by Crippen LogP contribution is -2.61. The molecule has 0 aromatic heterocycles. The third kappa shape index (κ3) is 36.6. The van der Waals surface area contributed by atoms with Crippen LogP contribution < -0.4 is 5.32 Å². The van der Waals surface area contributed by atoms with Gasteiger partial charge in [0.25, 0.3) is 0 Å². The fourth-order valence-corrected chi connectivity index (χ4v) is 9.14. The average Bonchev–Trinajstić information content (AvgIpc) is 3.32. The lowest BCUT2D eigenvalue weighted by atomic mass is 9.99. The maximum atomic E-state index is 13.2. The van der Waals surface area contributed by atoms with Gasteiger partial charge in [0.15, 0.2) is 6.29 Å². The van der Waals surface area contributed by atoms with Crippen molar-refractivity contribution < 1.29 is 57.0 Å².